The zero-order valence-corrected chi connectivity index (χ0v) is 16.7. The first kappa shape index (κ1) is 20.8. The lowest BCUT2D eigenvalue weighted by Gasteiger charge is -2.34. The second kappa shape index (κ2) is 9.13. The van der Waals surface area contributed by atoms with Crippen molar-refractivity contribution in [2.24, 2.45) is 0 Å². The fourth-order valence-corrected chi connectivity index (χ4v) is 3.86. The number of piperazine rings is 1. The molecule has 2 aromatic rings. The van der Waals surface area contributed by atoms with E-state index < -0.39 is 30.0 Å². The second-order valence-corrected chi connectivity index (χ2v) is 7.61. The summed E-state index contributed by atoms with van der Waals surface area (Å²) < 4.78 is 18.9. The highest BCUT2D eigenvalue weighted by Crippen LogP contribution is 2.23. The Morgan fingerprint density at radius 1 is 1.16 bits per heavy atom. The molecule has 0 bridgehead atoms. The van der Waals surface area contributed by atoms with Gasteiger partial charge in [0.15, 0.2) is 0 Å². The van der Waals surface area contributed by atoms with E-state index in [0.29, 0.717) is 18.7 Å². The minimum absolute atomic E-state index is 0.0703. The van der Waals surface area contributed by atoms with Crippen LogP contribution in [0.4, 0.5) is 14.9 Å². The van der Waals surface area contributed by atoms with Crippen molar-refractivity contribution in [1.29, 1.82) is 0 Å². The fourth-order valence-electron chi connectivity index (χ4n) is 3.86. The van der Waals surface area contributed by atoms with Crippen LogP contribution in [0.25, 0.3) is 0 Å². The molecule has 2 saturated heterocycles. The van der Waals surface area contributed by atoms with Gasteiger partial charge < -0.3 is 25.6 Å². The third-order valence-electron chi connectivity index (χ3n) is 5.32. The van der Waals surface area contributed by atoms with Gasteiger partial charge in [0.05, 0.1) is 19.3 Å². The fraction of sp³-hybridized carbons (Fsp3) is 0.318. The van der Waals surface area contributed by atoms with E-state index in [1.165, 1.54) is 23.1 Å². The van der Waals surface area contributed by atoms with E-state index in [1.807, 2.05) is 30.3 Å². The molecule has 0 spiro atoms. The Bertz CT molecular complexity index is 971. The summed E-state index contributed by atoms with van der Waals surface area (Å²) in [6, 6.07) is 12.8. The maximum atomic E-state index is 13.3. The van der Waals surface area contributed by atoms with Crippen LogP contribution in [0.3, 0.4) is 0 Å². The highest BCUT2D eigenvalue weighted by Gasteiger charge is 2.46. The van der Waals surface area contributed by atoms with Crippen LogP contribution in [-0.2, 0) is 20.9 Å². The van der Waals surface area contributed by atoms with Crippen molar-refractivity contribution < 1.29 is 23.5 Å². The molecule has 0 unspecified atom stereocenters. The van der Waals surface area contributed by atoms with Crippen molar-refractivity contribution in [3.63, 3.8) is 0 Å². The minimum Gasteiger partial charge on any atom is -0.374 e. The first-order valence-corrected chi connectivity index (χ1v) is 10.1. The first-order valence-electron chi connectivity index (χ1n) is 10.1. The molecule has 2 heterocycles. The Kier molecular flexibility index (Phi) is 6.13. The third-order valence-corrected chi connectivity index (χ3v) is 5.32. The molecule has 31 heavy (non-hydrogen) atoms. The summed E-state index contributed by atoms with van der Waals surface area (Å²) in [5.41, 5.74) is 1.29. The molecule has 0 saturated carbocycles. The molecule has 4 amide bonds. The Morgan fingerprint density at radius 2 is 1.97 bits per heavy atom. The van der Waals surface area contributed by atoms with Gasteiger partial charge in [-0.25, -0.2) is 9.18 Å². The number of carbonyl (C=O) groups excluding carboxylic acids is 3. The average molecular weight is 426 g/mol. The molecule has 4 rings (SSSR count). The average Bonchev–Trinajstić information content (AvgIpc) is 3.17. The largest absolute Gasteiger partial charge is 0.374 e. The standard InChI is InChI=1S/C22H23FN4O4/c23-15-7-4-8-16(9-15)24-22(30)25-17-10-19-20(28)26-18(21(29)27(19)11-17)13-31-12-14-5-2-1-3-6-14/h1-9,17-19H,10-13H2,(H,26,28)(H2,24,25,30)/t17-,18-,19-/m0/s1. The van der Waals surface area contributed by atoms with Crippen molar-refractivity contribution >= 4 is 23.5 Å². The molecule has 0 aliphatic carbocycles. The summed E-state index contributed by atoms with van der Waals surface area (Å²) >= 11 is 0. The molecule has 162 valence electrons. The Balaban J connectivity index is 1.30. The molecule has 3 atom stereocenters. The highest BCUT2D eigenvalue weighted by molar-refractivity contribution is 5.98. The summed E-state index contributed by atoms with van der Waals surface area (Å²) in [6.45, 7) is 0.637. The number of hydrogen-bond donors (Lipinski definition) is 3. The molecule has 0 aromatic heterocycles. The van der Waals surface area contributed by atoms with Crippen LogP contribution in [0.15, 0.2) is 54.6 Å². The van der Waals surface area contributed by atoms with E-state index in [4.69, 9.17) is 4.74 Å². The molecule has 3 N–H and O–H groups in total. The summed E-state index contributed by atoms with van der Waals surface area (Å²) in [7, 11) is 0. The number of nitrogens with zero attached hydrogens (tertiary/aromatic N) is 1. The van der Waals surface area contributed by atoms with Crippen molar-refractivity contribution in [1.82, 2.24) is 15.5 Å². The van der Waals surface area contributed by atoms with Crippen molar-refractivity contribution in [2.75, 3.05) is 18.5 Å². The predicted molar refractivity (Wildman–Crippen MR) is 110 cm³/mol. The molecule has 2 aliphatic heterocycles. The smallest absolute Gasteiger partial charge is 0.319 e. The summed E-state index contributed by atoms with van der Waals surface area (Å²) in [5, 5.41) is 8.02. The first-order chi connectivity index (χ1) is 15.0. The van der Waals surface area contributed by atoms with Crippen molar-refractivity contribution in [3.8, 4) is 0 Å². The van der Waals surface area contributed by atoms with Crippen LogP contribution in [0.1, 0.15) is 12.0 Å². The summed E-state index contributed by atoms with van der Waals surface area (Å²) in [4.78, 5) is 39.0. The summed E-state index contributed by atoms with van der Waals surface area (Å²) in [5.74, 6) is -0.950. The van der Waals surface area contributed by atoms with Crippen LogP contribution in [-0.4, -0.2) is 54.0 Å². The number of benzene rings is 2. The zero-order valence-electron chi connectivity index (χ0n) is 16.7. The number of amides is 4. The number of halogens is 1. The highest BCUT2D eigenvalue weighted by atomic mass is 19.1. The van der Waals surface area contributed by atoms with E-state index >= 15 is 0 Å². The van der Waals surface area contributed by atoms with Crippen LogP contribution in [0, 0.1) is 5.82 Å². The van der Waals surface area contributed by atoms with E-state index in [0.717, 1.165) is 5.56 Å². The summed E-state index contributed by atoms with van der Waals surface area (Å²) in [6.07, 6.45) is 0.311. The molecule has 2 fully saturated rings. The Hall–Kier alpha value is -3.46. The second-order valence-electron chi connectivity index (χ2n) is 7.61. The van der Waals surface area contributed by atoms with Gasteiger partial charge in [-0.2, -0.15) is 0 Å². The molecular weight excluding hydrogens is 403 g/mol. The van der Waals surface area contributed by atoms with Gasteiger partial charge in [0, 0.05) is 12.2 Å². The maximum absolute atomic E-state index is 13.3. The monoisotopic (exact) mass is 426 g/mol. The van der Waals surface area contributed by atoms with Crippen LogP contribution in [0.2, 0.25) is 0 Å². The van der Waals surface area contributed by atoms with Crippen molar-refractivity contribution in [2.45, 2.75) is 31.2 Å². The third kappa shape index (κ3) is 5.00. The molecule has 0 radical (unpaired) electrons. The van der Waals surface area contributed by atoms with Gasteiger partial charge in [-0.05, 0) is 30.2 Å². The SMILES string of the molecule is O=C(Nc1cccc(F)c1)N[C@H]1C[C@H]2C(=O)N[C@@H](COCc3ccccc3)C(=O)N2C1. The lowest BCUT2D eigenvalue weighted by atomic mass is 10.1. The lowest BCUT2D eigenvalue weighted by molar-refractivity contribution is -0.148. The number of nitrogens with one attached hydrogen (secondary N) is 3. The lowest BCUT2D eigenvalue weighted by Crippen LogP contribution is -2.62. The number of urea groups is 1. The molecule has 9 heteroatoms. The number of fused-ring (bicyclic) bond motifs is 1. The van der Waals surface area contributed by atoms with Gasteiger partial charge in [-0.3, -0.25) is 9.59 Å². The van der Waals surface area contributed by atoms with Crippen LogP contribution in [0.5, 0.6) is 0 Å². The van der Waals surface area contributed by atoms with E-state index in [1.54, 1.807) is 6.07 Å². The zero-order chi connectivity index (χ0) is 21.8. The van der Waals surface area contributed by atoms with Gasteiger partial charge in [0.1, 0.15) is 17.9 Å². The Labute approximate surface area is 178 Å². The van der Waals surface area contributed by atoms with Crippen molar-refractivity contribution in [3.05, 3.63) is 66.0 Å². The minimum atomic E-state index is -0.757. The normalized spacial score (nSPS) is 22.6. The van der Waals surface area contributed by atoms with Gasteiger partial charge in [0.25, 0.3) is 0 Å². The number of anilines is 1. The topological polar surface area (TPSA) is 99.8 Å². The number of hydrogen-bond acceptors (Lipinski definition) is 4. The Morgan fingerprint density at radius 3 is 2.74 bits per heavy atom. The molecule has 2 aliphatic rings. The quantitative estimate of drug-likeness (QED) is 0.654. The molecular formula is C22H23FN4O4. The maximum Gasteiger partial charge on any atom is 0.319 e. The molecule has 2 aromatic carbocycles. The van der Waals surface area contributed by atoms with Gasteiger partial charge in [-0.15, -0.1) is 0 Å². The predicted octanol–water partition coefficient (Wildman–Crippen LogP) is 1.63. The van der Waals surface area contributed by atoms with E-state index in [-0.39, 0.29) is 25.0 Å². The van der Waals surface area contributed by atoms with E-state index in [9.17, 15) is 18.8 Å². The van der Waals surface area contributed by atoms with E-state index in [2.05, 4.69) is 16.0 Å². The van der Waals surface area contributed by atoms with Crippen LogP contribution >= 0.6 is 0 Å². The number of rotatable bonds is 6. The number of ether oxygens (including phenoxy) is 1. The van der Waals surface area contributed by atoms with Gasteiger partial charge in [-0.1, -0.05) is 36.4 Å². The van der Waals surface area contributed by atoms with Gasteiger partial charge >= 0.3 is 6.03 Å². The van der Waals surface area contributed by atoms with Crippen LogP contribution < -0.4 is 16.0 Å². The number of carbonyl (C=O) groups is 3. The molecule has 8 nitrogen and oxygen atoms in total. The van der Waals surface area contributed by atoms with Gasteiger partial charge in [0.2, 0.25) is 11.8 Å².